The second kappa shape index (κ2) is 7.36. The fraction of sp³-hybridized carbons (Fsp3) is 0.238. The molecule has 0 fully saturated rings. The Bertz CT molecular complexity index is 966. The first-order valence-corrected chi connectivity index (χ1v) is 8.91. The van der Waals surface area contributed by atoms with Crippen LogP contribution in [0.1, 0.15) is 22.3 Å². The summed E-state index contributed by atoms with van der Waals surface area (Å²) in [5.41, 5.74) is 8.61. The van der Waals surface area contributed by atoms with E-state index in [1.165, 1.54) is 7.11 Å². The van der Waals surface area contributed by atoms with Gasteiger partial charge in [0.1, 0.15) is 12.5 Å². The molecule has 0 aromatic heterocycles. The zero-order valence-corrected chi connectivity index (χ0v) is 15.7. The Morgan fingerprint density at radius 3 is 2.61 bits per heavy atom. The minimum Gasteiger partial charge on any atom is -0.497 e. The van der Waals surface area contributed by atoms with Crippen LogP contribution in [0.3, 0.4) is 0 Å². The Balaban J connectivity index is 1.69. The molecule has 28 heavy (non-hydrogen) atoms. The van der Waals surface area contributed by atoms with E-state index in [9.17, 15) is 4.79 Å². The first-order chi connectivity index (χ1) is 13.6. The number of aliphatic imine (C=N–C) groups is 1. The van der Waals surface area contributed by atoms with Gasteiger partial charge < -0.3 is 19.1 Å². The van der Waals surface area contributed by atoms with Crippen LogP contribution in [0.5, 0.6) is 17.2 Å². The Labute approximate surface area is 163 Å². The number of benzene rings is 2. The lowest BCUT2D eigenvalue weighted by Crippen LogP contribution is -2.32. The third-order valence-electron chi connectivity index (χ3n) is 4.91. The second-order valence-electron chi connectivity index (χ2n) is 6.48. The smallest absolute Gasteiger partial charge is 0.260 e. The molecule has 4 rings (SSSR count). The molecule has 2 heterocycles. The minimum atomic E-state index is -0.137. The average Bonchev–Trinajstić information content (AvgIpc) is 3.11. The third-order valence-corrected chi connectivity index (χ3v) is 4.91. The maximum absolute atomic E-state index is 13.2. The topological polar surface area (TPSA) is 86.4 Å². The molecule has 2 N–H and O–H groups in total. The maximum atomic E-state index is 13.2. The highest BCUT2D eigenvalue weighted by atomic mass is 16.5. The van der Waals surface area contributed by atoms with Gasteiger partial charge in [-0.3, -0.25) is 15.5 Å². The maximum Gasteiger partial charge on any atom is 0.260 e. The predicted molar refractivity (Wildman–Crippen MR) is 106 cm³/mol. The van der Waals surface area contributed by atoms with E-state index in [-0.39, 0.29) is 18.7 Å². The minimum absolute atomic E-state index is 0.00944. The number of amides is 1. The summed E-state index contributed by atoms with van der Waals surface area (Å²) < 4.78 is 15.9. The van der Waals surface area contributed by atoms with Crippen molar-refractivity contribution in [3.8, 4) is 17.2 Å². The summed E-state index contributed by atoms with van der Waals surface area (Å²) in [5, 5.41) is 0. The van der Waals surface area contributed by atoms with E-state index in [0.29, 0.717) is 29.2 Å². The fourth-order valence-corrected chi connectivity index (χ4v) is 3.47. The Morgan fingerprint density at radius 1 is 1.14 bits per heavy atom. The summed E-state index contributed by atoms with van der Waals surface area (Å²) in [6.07, 6.45) is 4.39. The zero-order chi connectivity index (χ0) is 19.7. The highest BCUT2D eigenvalue weighted by Crippen LogP contribution is 2.39. The number of fused-ring (bicyclic) bond motifs is 2. The van der Waals surface area contributed by atoms with E-state index < -0.39 is 0 Å². The molecule has 2 aliphatic rings. The first-order valence-electron chi connectivity index (χ1n) is 8.91. The molecule has 1 amide bonds. The van der Waals surface area contributed by atoms with Crippen molar-refractivity contribution >= 4 is 23.4 Å². The summed E-state index contributed by atoms with van der Waals surface area (Å²) >= 11 is 0. The molecule has 0 saturated carbocycles. The van der Waals surface area contributed by atoms with Crippen LogP contribution >= 0.6 is 0 Å². The quantitative estimate of drug-likeness (QED) is 0.807. The summed E-state index contributed by atoms with van der Waals surface area (Å²) in [5.74, 6) is 1.58. The number of hydrogen-bond donors (Lipinski definition) is 1. The highest BCUT2D eigenvalue weighted by Gasteiger charge is 2.33. The molecule has 1 unspecified atom stereocenters. The third kappa shape index (κ3) is 3.10. The van der Waals surface area contributed by atoms with Gasteiger partial charge in [0, 0.05) is 24.9 Å². The number of nitrogens with zero attached hydrogens (tertiary/aromatic N) is 2. The molecule has 2 aromatic rings. The summed E-state index contributed by atoms with van der Waals surface area (Å²) in [7, 11) is 3.16. The van der Waals surface area contributed by atoms with Crippen LogP contribution in [0.2, 0.25) is 0 Å². The molecule has 7 heteroatoms. The molecule has 144 valence electrons. The van der Waals surface area contributed by atoms with Crippen LogP contribution < -0.4 is 19.9 Å². The summed E-state index contributed by atoms with van der Waals surface area (Å²) in [6.45, 7) is 0.00944. The number of ether oxygens (including phenoxy) is 3. The van der Waals surface area contributed by atoms with Gasteiger partial charge in [-0.25, -0.2) is 0 Å². The van der Waals surface area contributed by atoms with Gasteiger partial charge in [0.25, 0.3) is 5.91 Å². The molecule has 7 nitrogen and oxygen atoms in total. The van der Waals surface area contributed by atoms with Crippen LogP contribution in [0.15, 0.2) is 47.6 Å². The van der Waals surface area contributed by atoms with Crippen molar-refractivity contribution in [3.63, 3.8) is 0 Å². The van der Waals surface area contributed by atoms with E-state index in [2.05, 4.69) is 4.99 Å². The number of methoxy groups -OCH3 is 2. The molecular formula is C21H21N3O4. The zero-order valence-electron chi connectivity index (χ0n) is 15.7. The van der Waals surface area contributed by atoms with Crippen molar-refractivity contribution in [2.24, 2.45) is 10.7 Å². The lowest BCUT2D eigenvalue weighted by atomic mass is 10.0. The number of carbonyl (C=O) groups excluding carboxylic acids is 1. The Hall–Kier alpha value is -3.32. The van der Waals surface area contributed by atoms with E-state index in [0.717, 1.165) is 16.9 Å². The lowest BCUT2D eigenvalue weighted by Gasteiger charge is -2.19. The van der Waals surface area contributed by atoms with Crippen molar-refractivity contribution in [2.45, 2.75) is 12.5 Å². The fourth-order valence-electron chi connectivity index (χ4n) is 3.47. The highest BCUT2D eigenvalue weighted by molar-refractivity contribution is 6.05. The van der Waals surface area contributed by atoms with Gasteiger partial charge in [0.2, 0.25) is 0 Å². The molecular weight excluding hydrogens is 358 g/mol. The number of nitrogens with two attached hydrogens (primary N) is 1. The standard InChI is InChI=1S/C21H21N3O4/c1-26-16-5-3-13(4-6-16)14-7-15-10-23-18-9-20(28-12-22)19(27-2)8-17(18)21(25)24(15)11-14/h3-6,8-11,15H,7,12,22H2,1-2H3. The molecule has 1 atom stereocenters. The monoisotopic (exact) mass is 379 g/mol. The van der Waals surface area contributed by atoms with Crippen LogP contribution in [0.4, 0.5) is 5.69 Å². The van der Waals surface area contributed by atoms with Crippen molar-refractivity contribution in [1.82, 2.24) is 4.90 Å². The van der Waals surface area contributed by atoms with Gasteiger partial charge in [-0.2, -0.15) is 0 Å². The first kappa shape index (κ1) is 18.1. The largest absolute Gasteiger partial charge is 0.497 e. The number of rotatable bonds is 5. The van der Waals surface area contributed by atoms with Crippen LogP contribution in [-0.4, -0.2) is 44.0 Å². The number of hydrogen-bond acceptors (Lipinski definition) is 6. The van der Waals surface area contributed by atoms with Gasteiger partial charge in [-0.1, -0.05) is 12.1 Å². The van der Waals surface area contributed by atoms with E-state index in [4.69, 9.17) is 19.9 Å². The predicted octanol–water partition coefficient (Wildman–Crippen LogP) is 2.97. The van der Waals surface area contributed by atoms with Crippen LogP contribution in [-0.2, 0) is 0 Å². The van der Waals surface area contributed by atoms with Crippen molar-refractivity contribution in [2.75, 3.05) is 21.0 Å². The molecule has 0 radical (unpaired) electrons. The average molecular weight is 379 g/mol. The van der Waals surface area contributed by atoms with Crippen molar-refractivity contribution in [1.29, 1.82) is 0 Å². The molecule has 0 aliphatic carbocycles. The molecule has 2 aliphatic heterocycles. The second-order valence-corrected chi connectivity index (χ2v) is 6.48. The lowest BCUT2D eigenvalue weighted by molar-refractivity contribution is 0.0817. The van der Waals surface area contributed by atoms with Crippen molar-refractivity contribution < 1.29 is 19.0 Å². The molecule has 0 spiro atoms. The van der Waals surface area contributed by atoms with E-state index in [1.54, 1.807) is 30.4 Å². The summed E-state index contributed by atoms with van der Waals surface area (Å²) in [6, 6.07) is 11.0. The summed E-state index contributed by atoms with van der Waals surface area (Å²) in [4.78, 5) is 19.4. The molecule has 2 aromatic carbocycles. The normalized spacial score (nSPS) is 17.5. The van der Waals surface area contributed by atoms with Gasteiger partial charge in [-0.15, -0.1) is 0 Å². The van der Waals surface area contributed by atoms with Gasteiger partial charge in [-0.05, 0) is 29.3 Å². The Morgan fingerprint density at radius 2 is 1.93 bits per heavy atom. The van der Waals surface area contributed by atoms with Gasteiger partial charge in [0.05, 0.1) is 31.5 Å². The van der Waals surface area contributed by atoms with Gasteiger partial charge >= 0.3 is 0 Å². The van der Waals surface area contributed by atoms with Crippen LogP contribution in [0.25, 0.3) is 5.57 Å². The van der Waals surface area contributed by atoms with Crippen molar-refractivity contribution in [3.05, 3.63) is 53.7 Å². The van der Waals surface area contributed by atoms with E-state index in [1.807, 2.05) is 30.5 Å². The Kier molecular flexibility index (Phi) is 4.75. The van der Waals surface area contributed by atoms with Gasteiger partial charge in [0.15, 0.2) is 11.5 Å². The SMILES string of the molecule is COc1ccc(C2=CN3C(=O)c4cc(OC)c(OCN)cc4N=CC3C2)cc1. The van der Waals surface area contributed by atoms with E-state index >= 15 is 0 Å². The molecule has 0 bridgehead atoms. The van der Waals surface area contributed by atoms with Crippen LogP contribution in [0, 0.1) is 0 Å². The number of carbonyl (C=O) groups is 1. The molecule has 0 saturated heterocycles.